The van der Waals surface area contributed by atoms with E-state index in [4.69, 9.17) is 0 Å². The highest BCUT2D eigenvalue weighted by Gasteiger charge is 2.25. The first-order valence-electron chi connectivity index (χ1n) is 5.66. The lowest BCUT2D eigenvalue weighted by Crippen LogP contribution is -2.30. The van der Waals surface area contributed by atoms with Gasteiger partial charge in [-0.2, -0.15) is 0 Å². The fraction of sp³-hybridized carbons (Fsp3) is 0.583. The normalized spacial score (nSPS) is 16.6. The smallest absolute Gasteiger partial charge is 0.225 e. The monoisotopic (exact) mass is 301 g/mol. The second kappa shape index (κ2) is 5.32. The molecule has 1 saturated carbocycles. The van der Waals surface area contributed by atoms with Crippen molar-refractivity contribution >= 4 is 33.2 Å². The molecule has 0 N–H and O–H groups in total. The highest BCUT2D eigenvalue weighted by molar-refractivity contribution is 9.11. The van der Waals surface area contributed by atoms with Crippen molar-refractivity contribution < 1.29 is 4.79 Å². The van der Waals surface area contributed by atoms with Crippen molar-refractivity contribution in [2.24, 2.45) is 5.92 Å². The van der Waals surface area contributed by atoms with Crippen LogP contribution in [0.5, 0.6) is 0 Å². The summed E-state index contributed by atoms with van der Waals surface area (Å²) in [5.74, 6) is 0.607. The van der Waals surface area contributed by atoms with Crippen molar-refractivity contribution in [1.82, 2.24) is 4.90 Å². The van der Waals surface area contributed by atoms with Gasteiger partial charge < -0.3 is 4.90 Å². The van der Waals surface area contributed by atoms with E-state index in [1.165, 1.54) is 17.7 Å². The number of halogens is 1. The van der Waals surface area contributed by atoms with Crippen LogP contribution in [0, 0.1) is 5.92 Å². The van der Waals surface area contributed by atoms with Crippen LogP contribution < -0.4 is 0 Å². The Kier molecular flexibility index (Phi) is 4.03. The number of amides is 1. The molecule has 0 aliphatic heterocycles. The van der Waals surface area contributed by atoms with Crippen molar-refractivity contribution in [2.75, 3.05) is 7.05 Å². The van der Waals surface area contributed by atoms with Crippen LogP contribution in [0.1, 0.15) is 30.6 Å². The zero-order chi connectivity index (χ0) is 11.5. The Balaban J connectivity index is 1.91. The van der Waals surface area contributed by atoms with Crippen LogP contribution in [0.15, 0.2) is 15.9 Å². The molecule has 0 atom stereocenters. The van der Waals surface area contributed by atoms with Gasteiger partial charge in [0.25, 0.3) is 0 Å². The summed E-state index contributed by atoms with van der Waals surface area (Å²) in [7, 11) is 1.91. The minimum atomic E-state index is 0.286. The second-order valence-electron chi connectivity index (χ2n) is 4.38. The maximum absolute atomic E-state index is 12.1. The molecule has 0 bridgehead atoms. The molecule has 1 aromatic heterocycles. The predicted molar refractivity (Wildman–Crippen MR) is 70.5 cm³/mol. The summed E-state index contributed by atoms with van der Waals surface area (Å²) >= 11 is 5.14. The first kappa shape index (κ1) is 12.1. The van der Waals surface area contributed by atoms with Crippen LogP contribution in [-0.2, 0) is 11.3 Å². The van der Waals surface area contributed by atoms with Crippen LogP contribution in [-0.4, -0.2) is 17.9 Å². The van der Waals surface area contributed by atoms with E-state index in [1.54, 1.807) is 11.3 Å². The number of thiophene rings is 1. The Bertz CT molecular complexity index is 371. The maximum atomic E-state index is 12.1. The fourth-order valence-electron chi connectivity index (χ4n) is 2.23. The Morgan fingerprint density at radius 1 is 1.50 bits per heavy atom. The first-order valence-corrected chi connectivity index (χ1v) is 7.27. The van der Waals surface area contributed by atoms with Gasteiger partial charge in [0.15, 0.2) is 0 Å². The molecule has 0 spiro atoms. The van der Waals surface area contributed by atoms with Gasteiger partial charge in [-0.15, -0.1) is 11.3 Å². The number of carbonyl (C=O) groups excluding carboxylic acids is 1. The molecule has 0 saturated heterocycles. The van der Waals surface area contributed by atoms with E-state index >= 15 is 0 Å². The van der Waals surface area contributed by atoms with Gasteiger partial charge in [-0.1, -0.05) is 12.8 Å². The number of hydrogen-bond acceptors (Lipinski definition) is 2. The van der Waals surface area contributed by atoms with Gasteiger partial charge in [0.1, 0.15) is 0 Å². The average Bonchev–Trinajstić information content (AvgIpc) is 2.88. The summed E-state index contributed by atoms with van der Waals surface area (Å²) in [4.78, 5) is 15.2. The third-order valence-corrected chi connectivity index (χ3v) is 4.71. The minimum absolute atomic E-state index is 0.286. The van der Waals surface area contributed by atoms with Gasteiger partial charge in [0.05, 0.1) is 10.3 Å². The molecule has 88 valence electrons. The van der Waals surface area contributed by atoms with Crippen molar-refractivity contribution in [3.63, 3.8) is 0 Å². The Morgan fingerprint density at radius 2 is 2.19 bits per heavy atom. The molecule has 1 aromatic rings. The maximum Gasteiger partial charge on any atom is 0.225 e. The molecule has 1 heterocycles. The van der Waals surface area contributed by atoms with Crippen LogP contribution in [0.4, 0.5) is 0 Å². The Morgan fingerprint density at radius 3 is 2.75 bits per heavy atom. The molecule has 2 nitrogen and oxygen atoms in total. The van der Waals surface area contributed by atoms with Gasteiger partial charge in [-0.3, -0.25) is 4.79 Å². The fourth-order valence-corrected chi connectivity index (χ4v) is 3.77. The molecular weight excluding hydrogens is 286 g/mol. The molecule has 1 aliphatic rings. The standard InChI is InChI=1S/C12H16BrNOS/c1-14(8-10-6-7-11(13)16-10)12(15)9-4-2-3-5-9/h6-7,9H,2-5,8H2,1H3. The van der Waals surface area contributed by atoms with Gasteiger partial charge in [0, 0.05) is 17.8 Å². The molecule has 16 heavy (non-hydrogen) atoms. The second-order valence-corrected chi connectivity index (χ2v) is 6.93. The minimum Gasteiger partial charge on any atom is -0.340 e. The zero-order valence-corrected chi connectivity index (χ0v) is 11.8. The average molecular weight is 302 g/mol. The van der Waals surface area contributed by atoms with Crippen molar-refractivity contribution in [2.45, 2.75) is 32.2 Å². The van der Waals surface area contributed by atoms with Gasteiger partial charge in [-0.05, 0) is 40.9 Å². The van der Waals surface area contributed by atoms with E-state index in [9.17, 15) is 4.79 Å². The number of carbonyl (C=O) groups is 1. The lowest BCUT2D eigenvalue weighted by Gasteiger charge is -2.20. The summed E-state index contributed by atoms with van der Waals surface area (Å²) in [5.41, 5.74) is 0. The summed E-state index contributed by atoms with van der Waals surface area (Å²) in [6.45, 7) is 0.742. The van der Waals surface area contributed by atoms with Crippen LogP contribution >= 0.6 is 27.3 Å². The largest absolute Gasteiger partial charge is 0.340 e. The summed E-state index contributed by atoms with van der Waals surface area (Å²) in [6.07, 6.45) is 4.60. The van der Waals surface area contributed by atoms with E-state index in [1.807, 2.05) is 18.0 Å². The van der Waals surface area contributed by atoms with Gasteiger partial charge in [0.2, 0.25) is 5.91 Å². The van der Waals surface area contributed by atoms with E-state index in [2.05, 4.69) is 22.0 Å². The molecule has 0 unspecified atom stereocenters. The highest BCUT2D eigenvalue weighted by Crippen LogP contribution is 2.28. The summed E-state index contributed by atoms with van der Waals surface area (Å²) < 4.78 is 1.13. The van der Waals surface area contributed by atoms with E-state index in [0.29, 0.717) is 5.91 Å². The molecule has 2 rings (SSSR count). The van der Waals surface area contributed by atoms with E-state index in [0.717, 1.165) is 23.2 Å². The highest BCUT2D eigenvalue weighted by atomic mass is 79.9. The van der Waals surface area contributed by atoms with Crippen LogP contribution in [0.2, 0.25) is 0 Å². The summed E-state index contributed by atoms with van der Waals surface area (Å²) in [5, 5.41) is 0. The quantitative estimate of drug-likeness (QED) is 0.834. The van der Waals surface area contributed by atoms with Crippen LogP contribution in [0.3, 0.4) is 0 Å². The molecule has 0 aromatic carbocycles. The molecule has 1 fully saturated rings. The molecular formula is C12H16BrNOS. The Labute approximate surface area is 109 Å². The lowest BCUT2D eigenvalue weighted by atomic mass is 10.1. The van der Waals surface area contributed by atoms with Crippen molar-refractivity contribution in [3.05, 3.63) is 20.8 Å². The van der Waals surface area contributed by atoms with Crippen LogP contribution in [0.25, 0.3) is 0 Å². The third-order valence-electron chi connectivity index (χ3n) is 3.10. The third kappa shape index (κ3) is 2.86. The van der Waals surface area contributed by atoms with Crippen molar-refractivity contribution in [1.29, 1.82) is 0 Å². The van der Waals surface area contributed by atoms with E-state index in [-0.39, 0.29) is 5.92 Å². The summed E-state index contributed by atoms with van der Waals surface area (Å²) in [6, 6.07) is 4.11. The first-order chi connectivity index (χ1) is 7.66. The van der Waals surface area contributed by atoms with Gasteiger partial charge in [-0.25, -0.2) is 0 Å². The number of hydrogen-bond donors (Lipinski definition) is 0. The number of nitrogens with zero attached hydrogens (tertiary/aromatic N) is 1. The van der Waals surface area contributed by atoms with Gasteiger partial charge >= 0.3 is 0 Å². The topological polar surface area (TPSA) is 20.3 Å². The van der Waals surface area contributed by atoms with Crippen molar-refractivity contribution in [3.8, 4) is 0 Å². The molecule has 1 aliphatic carbocycles. The SMILES string of the molecule is CN(Cc1ccc(Br)s1)C(=O)C1CCCC1. The molecule has 0 radical (unpaired) electrons. The predicted octanol–water partition coefficient (Wildman–Crippen LogP) is 3.66. The Hall–Kier alpha value is -0.350. The molecule has 1 amide bonds. The lowest BCUT2D eigenvalue weighted by molar-refractivity contribution is -0.134. The zero-order valence-electron chi connectivity index (χ0n) is 9.41. The molecule has 4 heteroatoms. The van der Waals surface area contributed by atoms with E-state index < -0.39 is 0 Å². The number of rotatable bonds is 3.